The fourth-order valence-corrected chi connectivity index (χ4v) is 7.51. The Hall–Kier alpha value is -3.47. The predicted octanol–water partition coefficient (Wildman–Crippen LogP) is 2.97. The molecule has 2 amide bonds. The molecule has 38 heavy (non-hydrogen) atoms. The molecule has 2 aromatic heterocycles. The molecule has 0 saturated carbocycles. The van der Waals surface area contributed by atoms with E-state index in [-0.39, 0.29) is 27.3 Å². The molecule has 0 fully saturated rings. The summed E-state index contributed by atoms with van der Waals surface area (Å²) >= 11 is 2.54. The van der Waals surface area contributed by atoms with Crippen LogP contribution in [-0.2, 0) is 31.2 Å². The second-order valence-electron chi connectivity index (χ2n) is 7.75. The normalized spacial score (nSPS) is 11.3. The molecule has 0 aliphatic rings. The molecule has 0 bridgehead atoms. The van der Waals surface area contributed by atoms with Gasteiger partial charge in [-0.15, -0.1) is 43.1 Å². The van der Waals surface area contributed by atoms with Crippen molar-refractivity contribution in [3.05, 3.63) is 68.6 Å². The number of nitrogens with one attached hydrogen (secondary N) is 2. The monoisotopic (exact) mass is 595 g/mol. The standard InChI is InChI=1S/C12H14N4O3S2.C10H11N3O2S2/c1-8-15-16-11(20-8)7-21(18,19)10-5-3-9(4-6-10)14-12(17)13-2;1-7-12-13-10(16-7)6-17(14,15)9-4-2-8(11)3-5-9/h3-6H,7H2,1-2H3,(H2,13,14,17);2-5H,6,11H2,1H3. The van der Waals surface area contributed by atoms with Gasteiger partial charge in [0, 0.05) is 18.4 Å². The van der Waals surface area contributed by atoms with Crippen LogP contribution in [0.25, 0.3) is 0 Å². The minimum atomic E-state index is -3.47. The third-order valence-corrected chi connectivity index (χ3v) is 10.0. The van der Waals surface area contributed by atoms with Gasteiger partial charge in [0.25, 0.3) is 0 Å². The first-order valence-electron chi connectivity index (χ1n) is 10.9. The number of nitrogens with zero attached hydrogens (tertiary/aromatic N) is 4. The van der Waals surface area contributed by atoms with Crippen LogP contribution in [0.3, 0.4) is 0 Å². The first-order chi connectivity index (χ1) is 17.9. The van der Waals surface area contributed by atoms with Crippen LogP contribution >= 0.6 is 22.7 Å². The number of anilines is 2. The average Bonchev–Trinajstić information content (AvgIpc) is 3.46. The quantitative estimate of drug-likeness (QED) is 0.268. The van der Waals surface area contributed by atoms with Gasteiger partial charge < -0.3 is 16.4 Å². The van der Waals surface area contributed by atoms with Crippen molar-refractivity contribution in [1.82, 2.24) is 25.7 Å². The highest BCUT2D eigenvalue weighted by molar-refractivity contribution is 7.91. The molecule has 0 unspecified atom stereocenters. The van der Waals surface area contributed by atoms with E-state index in [9.17, 15) is 21.6 Å². The number of nitrogen functional groups attached to an aromatic ring is 1. The highest BCUT2D eigenvalue weighted by atomic mass is 32.2. The van der Waals surface area contributed by atoms with Gasteiger partial charge in [0.05, 0.1) is 9.79 Å². The lowest BCUT2D eigenvalue weighted by Gasteiger charge is -2.06. The molecule has 4 N–H and O–H groups in total. The lowest BCUT2D eigenvalue weighted by Crippen LogP contribution is -2.24. The van der Waals surface area contributed by atoms with Crippen LogP contribution in [-0.4, -0.2) is 50.3 Å². The molecule has 202 valence electrons. The average molecular weight is 596 g/mol. The number of aryl methyl sites for hydroxylation is 2. The maximum atomic E-state index is 12.2. The minimum absolute atomic E-state index is 0.123. The van der Waals surface area contributed by atoms with E-state index in [1.54, 1.807) is 26.0 Å². The van der Waals surface area contributed by atoms with E-state index in [2.05, 4.69) is 31.0 Å². The molecule has 0 aliphatic heterocycles. The van der Waals surface area contributed by atoms with Crippen LogP contribution < -0.4 is 16.4 Å². The fraction of sp³-hybridized carbons (Fsp3) is 0.227. The van der Waals surface area contributed by atoms with Crippen LogP contribution in [0.15, 0.2) is 58.3 Å². The SMILES string of the molecule is CNC(=O)Nc1ccc(S(=O)(=O)Cc2nnc(C)s2)cc1.Cc1nnc(CS(=O)(=O)c2ccc(N)cc2)s1. The van der Waals surface area contributed by atoms with Crippen LogP contribution in [0.4, 0.5) is 16.2 Å². The highest BCUT2D eigenvalue weighted by Crippen LogP contribution is 2.21. The first kappa shape index (κ1) is 29.1. The Morgan fingerprint density at radius 2 is 1.18 bits per heavy atom. The largest absolute Gasteiger partial charge is 0.399 e. The maximum Gasteiger partial charge on any atom is 0.318 e. The molecule has 0 atom stereocenters. The van der Waals surface area contributed by atoms with Gasteiger partial charge in [0.2, 0.25) is 0 Å². The van der Waals surface area contributed by atoms with Gasteiger partial charge >= 0.3 is 6.03 Å². The van der Waals surface area contributed by atoms with Crippen molar-refractivity contribution in [1.29, 1.82) is 0 Å². The lowest BCUT2D eigenvalue weighted by atomic mass is 10.3. The topological polar surface area (TPSA) is 187 Å². The van der Waals surface area contributed by atoms with Crippen LogP contribution in [0.5, 0.6) is 0 Å². The molecule has 2 aromatic carbocycles. The number of urea groups is 1. The lowest BCUT2D eigenvalue weighted by molar-refractivity contribution is 0.254. The van der Waals surface area contributed by atoms with Crippen molar-refractivity contribution >= 4 is 59.8 Å². The Morgan fingerprint density at radius 3 is 1.55 bits per heavy atom. The molecular weight excluding hydrogens is 571 g/mol. The third-order valence-electron chi connectivity index (χ3n) is 4.70. The van der Waals surface area contributed by atoms with Crippen LogP contribution in [0, 0.1) is 13.8 Å². The fourth-order valence-electron chi connectivity index (χ4n) is 2.90. The van der Waals surface area contributed by atoms with Crippen molar-refractivity contribution in [2.75, 3.05) is 18.1 Å². The Labute approximate surface area is 228 Å². The zero-order valence-corrected chi connectivity index (χ0v) is 23.8. The summed E-state index contributed by atoms with van der Waals surface area (Å²) in [6.07, 6.45) is 0. The zero-order chi connectivity index (χ0) is 27.9. The van der Waals surface area contributed by atoms with E-state index >= 15 is 0 Å². The number of amides is 2. The summed E-state index contributed by atoms with van der Waals surface area (Å²) in [5, 5.41) is 22.6. The van der Waals surface area contributed by atoms with E-state index in [1.165, 1.54) is 66.1 Å². The van der Waals surface area contributed by atoms with Gasteiger partial charge in [0.15, 0.2) is 19.7 Å². The van der Waals surface area contributed by atoms with Gasteiger partial charge in [-0.1, -0.05) is 0 Å². The Kier molecular flexibility index (Phi) is 9.48. The number of sulfone groups is 2. The number of rotatable bonds is 7. The molecule has 12 nitrogen and oxygen atoms in total. The van der Waals surface area contributed by atoms with Gasteiger partial charge in [-0.3, -0.25) is 0 Å². The summed E-state index contributed by atoms with van der Waals surface area (Å²) in [5.74, 6) is -0.302. The molecule has 16 heteroatoms. The number of carbonyl (C=O) groups is 1. The molecule has 4 rings (SSSR count). The second kappa shape index (κ2) is 12.4. The molecule has 0 radical (unpaired) electrons. The number of aromatic nitrogens is 4. The summed E-state index contributed by atoms with van der Waals surface area (Å²) < 4.78 is 48.5. The van der Waals surface area contributed by atoms with Gasteiger partial charge in [0.1, 0.15) is 31.5 Å². The van der Waals surface area contributed by atoms with Gasteiger partial charge in [-0.25, -0.2) is 21.6 Å². The number of nitrogens with two attached hydrogens (primary N) is 1. The van der Waals surface area contributed by atoms with Crippen molar-refractivity contribution in [2.24, 2.45) is 0 Å². The van der Waals surface area contributed by atoms with Crippen molar-refractivity contribution in [2.45, 2.75) is 35.1 Å². The van der Waals surface area contributed by atoms with Crippen molar-refractivity contribution in [3.8, 4) is 0 Å². The molecule has 2 heterocycles. The number of carbonyl (C=O) groups excluding carboxylic acids is 1. The Morgan fingerprint density at radius 1 is 0.763 bits per heavy atom. The molecular formula is C22H25N7O5S4. The summed E-state index contributed by atoms with van der Waals surface area (Å²) in [6, 6.07) is 11.7. The predicted molar refractivity (Wildman–Crippen MR) is 146 cm³/mol. The molecule has 4 aromatic rings. The number of hydrogen-bond acceptors (Lipinski definition) is 12. The van der Waals surface area contributed by atoms with E-state index in [1.807, 2.05) is 0 Å². The zero-order valence-electron chi connectivity index (χ0n) is 20.6. The summed E-state index contributed by atoms with van der Waals surface area (Å²) in [6.45, 7) is 3.56. The highest BCUT2D eigenvalue weighted by Gasteiger charge is 2.19. The van der Waals surface area contributed by atoms with Crippen LogP contribution in [0.2, 0.25) is 0 Å². The van der Waals surface area contributed by atoms with E-state index in [0.29, 0.717) is 21.4 Å². The first-order valence-corrected chi connectivity index (χ1v) is 15.8. The van der Waals surface area contributed by atoms with E-state index in [0.717, 1.165) is 10.0 Å². The molecule has 0 aliphatic carbocycles. The molecule has 0 spiro atoms. The summed E-state index contributed by atoms with van der Waals surface area (Å²) in [5.41, 5.74) is 6.56. The second-order valence-corrected chi connectivity index (χ2v) is 14.3. The maximum absolute atomic E-state index is 12.2. The van der Waals surface area contributed by atoms with E-state index < -0.39 is 19.7 Å². The number of hydrogen-bond donors (Lipinski definition) is 3. The Bertz CT molecular complexity index is 1600. The summed E-state index contributed by atoms with van der Waals surface area (Å²) in [7, 11) is -5.34. The third kappa shape index (κ3) is 8.27. The van der Waals surface area contributed by atoms with Crippen molar-refractivity contribution in [3.63, 3.8) is 0 Å². The summed E-state index contributed by atoms with van der Waals surface area (Å²) in [4.78, 5) is 11.6. The van der Waals surface area contributed by atoms with E-state index in [4.69, 9.17) is 5.73 Å². The van der Waals surface area contributed by atoms with Crippen LogP contribution in [0.1, 0.15) is 20.0 Å². The number of benzene rings is 2. The Balaban J connectivity index is 0.000000215. The van der Waals surface area contributed by atoms with Gasteiger partial charge in [-0.2, -0.15) is 0 Å². The minimum Gasteiger partial charge on any atom is -0.399 e. The van der Waals surface area contributed by atoms with Crippen molar-refractivity contribution < 1.29 is 21.6 Å². The molecule has 0 saturated heterocycles. The smallest absolute Gasteiger partial charge is 0.318 e. The van der Waals surface area contributed by atoms with Gasteiger partial charge in [-0.05, 0) is 62.4 Å².